The Labute approximate surface area is 119 Å². The first-order valence-corrected chi connectivity index (χ1v) is 7.97. The molecule has 4 atom stereocenters. The van der Waals surface area contributed by atoms with Gasteiger partial charge in [0.25, 0.3) is 0 Å². The summed E-state index contributed by atoms with van der Waals surface area (Å²) in [5.41, 5.74) is 0. The van der Waals surface area contributed by atoms with Crippen LogP contribution < -0.4 is 5.32 Å². The molecular weight excluding hydrogens is 256 g/mol. The molecule has 0 aromatic heterocycles. The van der Waals surface area contributed by atoms with Crippen LogP contribution in [0, 0.1) is 5.92 Å². The fourth-order valence-electron chi connectivity index (χ4n) is 4.27. The molecule has 0 aromatic carbocycles. The third-order valence-corrected chi connectivity index (χ3v) is 5.27. The van der Waals surface area contributed by atoms with Gasteiger partial charge >= 0.3 is 5.97 Å². The number of amides is 1. The van der Waals surface area contributed by atoms with Crippen molar-refractivity contribution in [1.82, 2.24) is 10.2 Å². The van der Waals surface area contributed by atoms with E-state index < -0.39 is 12.0 Å². The quantitative estimate of drug-likeness (QED) is 0.801. The lowest BCUT2D eigenvalue weighted by Gasteiger charge is -2.47. The maximum Gasteiger partial charge on any atom is 0.326 e. The van der Waals surface area contributed by atoms with Crippen LogP contribution in [-0.2, 0) is 9.59 Å². The maximum atomic E-state index is 12.8. The van der Waals surface area contributed by atoms with Gasteiger partial charge in [-0.25, -0.2) is 4.79 Å². The van der Waals surface area contributed by atoms with Crippen molar-refractivity contribution in [1.29, 1.82) is 0 Å². The predicted octanol–water partition coefficient (Wildman–Crippen LogP) is 1.37. The summed E-state index contributed by atoms with van der Waals surface area (Å²) in [6.45, 7) is 0.871. The summed E-state index contributed by atoms with van der Waals surface area (Å²) in [5.74, 6) is -0.281. The Morgan fingerprint density at radius 2 is 1.80 bits per heavy atom. The second kappa shape index (κ2) is 5.72. The third kappa shape index (κ3) is 2.43. The molecule has 2 aliphatic heterocycles. The molecule has 2 N–H and O–H groups in total. The highest BCUT2D eigenvalue weighted by atomic mass is 16.4. The van der Waals surface area contributed by atoms with E-state index in [1.54, 1.807) is 4.90 Å². The molecule has 1 saturated carbocycles. The molecule has 0 aromatic rings. The summed E-state index contributed by atoms with van der Waals surface area (Å²) in [5, 5.41) is 12.7. The van der Waals surface area contributed by atoms with E-state index in [0.717, 1.165) is 45.1 Å². The zero-order valence-corrected chi connectivity index (χ0v) is 11.9. The minimum Gasteiger partial charge on any atom is -0.480 e. The molecule has 2 heterocycles. The third-order valence-electron chi connectivity index (χ3n) is 5.27. The number of carbonyl (C=O) groups is 2. The molecule has 2 saturated heterocycles. The molecule has 3 aliphatic rings. The lowest BCUT2D eigenvalue weighted by Crippen LogP contribution is -2.60. The molecule has 1 amide bonds. The van der Waals surface area contributed by atoms with Crippen molar-refractivity contribution in [3.63, 3.8) is 0 Å². The van der Waals surface area contributed by atoms with Crippen LogP contribution in [0.15, 0.2) is 0 Å². The lowest BCUT2D eigenvalue weighted by atomic mass is 9.76. The second-order valence-corrected chi connectivity index (χ2v) is 6.44. The number of carboxylic acid groups (broad SMARTS) is 1. The van der Waals surface area contributed by atoms with E-state index >= 15 is 0 Å². The van der Waals surface area contributed by atoms with Gasteiger partial charge in [0.05, 0.1) is 6.04 Å². The molecule has 5 nitrogen and oxygen atoms in total. The number of hydrogen-bond acceptors (Lipinski definition) is 3. The van der Waals surface area contributed by atoms with Gasteiger partial charge in [-0.05, 0) is 51.0 Å². The molecule has 0 spiro atoms. The average Bonchev–Trinajstić information content (AvgIpc) is 2.99. The van der Waals surface area contributed by atoms with Gasteiger partial charge in [-0.1, -0.05) is 12.8 Å². The summed E-state index contributed by atoms with van der Waals surface area (Å²) in [6, 6.07) is -0.602. The molecule has 112 valence electrons. The number of rotatable bonds is 2. The van der Waals surface area contributed by atoms with Crippen molar-refractivity contribution < 1.29 is 14.7 Å². The summed E-state index contributed by atoms with van der Waals surface area (Å²) < 4.78 is 0. The predicted molar refractivity (Wildman–Crippen MR) is 74.3 cm³/mol. The number of aliphatic carboxylic acids is 1. The van der Waals surface area contributed by atoms with Gasteiger partial charge in [-0.3, -0.25) is 4.79 Å². The molecule has 3 fully saturated rings. The summed E-state index contributed by atoms with van der Waals surface area (Å²) >= 11 is 0. The monoisotopic (exact) mass is 280 g/mol. The highest BCUT2D eigenvalue weighted by Crippen LogP contribution is 2.38. The second-order valence-electron chi connectivity index (χ2n) is 6.44. The van der Waals surface area contributed by atoms with Crippen LogP contribution in [0.25, 0.3) is 0 Å². The van der Waals surface area contributed by atoms with Crippen molar-refractivity contribution in [2.45, 2.75) is 69.5 Å². The Hall–Kier alpha value is -1.10. The zero-order valence-electron chi connectivity index (χ0n) is 11.9. The van der Waals surface area contributed by atoms with E-state index in [1.807, 2.05) is 0 Å². The SMILES string of the molecule is O=C(O)C1CCC2CCCCC2N1C(=O)C1CCCN1. The van der Waals surface area contributed by atoms with Gasteiger partial charge < -0.3 is 15.3 Å². The number of carboxylic acids is 1. The van der Waals surface area contributed by atoms with E-state index in [9.17, 15) is 14.7 Å². The Kier molecular flexibility index (Phi) is 3.96. The zero-order chi connectivity index (χ0) is 14.1. The summed E-state index contributed by atoms with van der Waals surface area (Å²) in [6.07, 6.45) is 7.91. The van der Waals surface area contributed by atoms with Crippen molar-refractivity contribution in [2.24, 2.45) is 5.92 Å². The van der Waals surface area contributed by atoms with E-state index in [1.165, 1.54) is 6.42 Å². The Morgan fingerprint density at radius 1 is 1.00 bits per heavy atom. The molecule has 0 radical (unpaired) electrons. The summed E-state index contributed by atoms with van der Waals surface area (Å²) in [7, 11) is 0. The largest absolute Gasteiger partial charge is 0.480 e. The molecule has 0 bridgehead atoms. The smallest absolute Gasteiger partial charge is 0.326 e. The van der Waals surface area contributed by atoms with Crippen molar-refractivity contribution >= 4 is 11.9 Å². The summed E-state index contributed by atoms with van der Waals surface area (Å²) in [4.78, 5) is 26.1. The number of nitrogens with zero attached hydrogens (tertiary/aromatic N) is 1. The molecular formula is C15H24N2O3. The fourth-order valence-corrected chi connectivity index (χ4v) is 4.27. The first kappa shape index (κ1) is 13.9. The van der Waals surface area contributed by atoms with Crippen LogP contribution in [-0.4, -0.2) is 46.6 Å². The van der Waals surface area contributed by atoms with Crippen LogP contribution in [0.4, 0.5) is 0 Å². The lowest BCUT2D eigenvalue weighted by molar-refractivity contribution is -0.159. The highest BCUT2D eigenvalue weighted by Gasteiger charge is 2.45. The molecule has 20 heavy (non-hydrogen) atoms. The number of piperidine rings is 1. The van der Waals surface area contributed by atoms with Crippen LogP contribution >= 0.6 is 0 Å². The number of nitrogens with one attached hydrogen (secondary N) is 1. The highest BCUT2D eigenvalue weighted by molar-refractivity contribution is 5.87. The first-order chi connectivity index (χ1) is 9.68. The van der Waals surface area contributed by atoms with Gasteiger partial charge in [0.1, 0.15) is 6.04 Å². The van der Waals surface area contributed by atoms with Gasteiger partial charge in [-0.2, -0.15) is 0 Å². The standard InChI is InChI=1S/C15H24N2O3/c18-14(11-5-3-9-16-11)17-12-6-2-1-4-10(12)7-8-13(17)15(19)20/h10-13,16H,1-9H2,(H,19,20). The Morgan fingerprint density at radius 3 is 2.50 bits per heavy atom. The minimum absolute atomic E-state index is 0.0338. The van der Waals surface area contributed by atoms with Crippen molar-refractivity contribution in [2.75, 3.05) is 6.54 Å². The first-order valence-electron chi connectivity index (χ1n) is 7.97. The maximum absolute atomic E-state index is 12.8. The van der Waals surface area contributed by atoms with E-state index in [0.29, 0.717) is 12.3 Å². The molecule has 3 rings (SSSR count). The normalized spacial score (nSPS) is 37.5. The molecule has 4 unspecified atom stereocenters. The van der Waals surface area contributed by atoms with Crippen LogP contribution in [0.5, 0.6) is 0 Å². The number of fused-ring (bicyclic) bond motifs is 1. The number of hydrogen-bond donors (Lipinski definition) is 2. The Bertz CT molecular complexity index is 393. The molecule has 5 heteroatoms. The topological polar surface area (TPSA) is 69.6 Å². The van der Waals surface area contributed by atoms with Crippen LogP contribution in [0.1, 0.15) is 51.4 Å². The minimum atomic E-state index is -0.833. The number of likely N-dealkylation sites (tertiary alicyclic amines) is 1. The van der Waals surface area contributed by atoms with Crippen molar-refractivity contribution in [3.8, 4) is 0 Å². The van der Waals surface area contributed by atoms with Gasteiger partial charge in [0, 0.05) is 6.04 Å². The number of carbonyl (C=O) groups excluding carboxylic acids is 1. The van der Waals surface area contributed by atoms with Crippen LogP contribution in [0.2, 0.25) is 0 Å². The molecule has 1 aliphatic carbocycles. The van der Waals surface area contributed by atoms with E-state index in [4.69, 9.17) is 0 Å². The van der Waals surface area contributed by atoms with Gasteiger partial charge in [-0.15, -0.1) is 0 Å². The van der Waals surface area contributed by atoms with Gasteiger partial charge in [0.15, 0.2) is 0 Å². The van der Waals surface area contributed by atoms with Gasteiger partial charge in [0.2, 0.25) is 5.91 Å². The average molecular weight is 280 g/mol. The van der Waals surface area contributed by atoms with Crippen LogP contribution in [0.3, 0.4) is 0 Å². The van der Waals surface area contributed by atoms with Crippen molar-refractivity contribution in [3.05, 3.63) is 0 Å². The Balaban J connectivity index is 1.83. The fraction of sp³-hybridized carbons (Fsp3) is 0.867. The van der Waals surface area contributed by atoms with E-state index in [-0.39, 0.29) is 18.0 Å². The van der Waals surface area contributed by atoms with E-state index in [2.05, 4.69) is 5.32 Å².